The lowest BCUT2D eigenvalue weighted by Gasteiger charge is -2.38. The number of hydrogen-bond acceptors (Lipinski definition) is 5. The molecule has 3 aromatic carbocycles. The van der Waals surface area contributed by atoms with Crippen molar-refractivity contribution in [3.05, 3.63) is 106 Å². The average molecular weight is 554 g/mol. The van der Waals surface area contributed by atoms with Crippen molar-refractivity contribution < 1.29 is 28.9 Å². The first-order chi connectivity index (χ1) is 18.7. The van der Waals surface area contributed by atoms with Gasteiger partial charge in [0.1, 0.15) is 11.6 Å². The molecule has 0 unspecified atom stereocenters. The third kappa shape index (κ3) is 9.32. The minimum Gasteiger partial charge on any atom is -0.496 e. The first-order valence-corrected chi connectivity index (χ1v) is 13.1. The Hall–Kier alpha value is -3.52. The lowest BCUT2D eigenvalue weighted by molar-refractivity contribution is -0.131. The monoisotopic (exact) mass is 553 g/mol. The van der Waals surface area contributed by atoms with Gasteiger partial charge in [0, 0.05) is 41.7 Å². The molecule has 206 valence electrons. The van der Waals surface area contributed by atoms with E-state index in [-0.39, 0.29) is 11.6 Å². The summed E-state index contributed by atoms with van der Waals surface area (Å²) in [7, 11) is 1.55. The second kappa shape index (κ2) is 14.6. The number of methoxy groups -OCH3 is 1. The topological polar surface area (TPSA) is 87.1 Å². The van der Waals surface area contributed by atoms with Crippen LogP contribution in [0.15, 0.2) is 78.9 Å². The number of hydrogen-bond donors (Lipinski definition) is 2. The standard InChI is InChI=1S/C21H23ClFNO2.C10H10O3/c22-18-7-5-17(6-8-18)21(26)11-14-24(15-12-21)13-1-2-20(25)16-3-9-19(23)10-4-16;1-13-9-5-3-2-4-8(9)6-7-10(11)12/h3-10,26H,1-2,11-15H2;2-7H,1H3,(H,11,12). The fraction of sp³-hybridized carbons (Fsp3) is 0.290. The highest BCUT2D eigenvalue weighted by atomic mass is 35.5. The number of likely N-dealkylation sites (tertiary alicyclic amines) is 1. The summed E-state index contributed by atoms with van der Waals surface area (Å²) < 4.78 is 17.9. The summed E-state index contributed by atoms with van der Waals surface area (Å²) in [6.45, 7) is 2.41. The number of Topliss-reactive ketones (excluding diaryl/α,β-unsaturated/α-hetero) is 1. The molecule has 0 aliphatic carbocycles. The van der Waals surface area contributed by atoms with Crippen LogP contribution in [0.2, 0.25) is 5.02 Å². The Labute approximate surface area is 233 Å². The fourth-order valence-corrected chi connectivity index (χ4v) is 4.53. The van der Waals surface area contributed by atoms with Gasteiger partial charge in [-0.25, -0.2) is 9.18 Å². The maximum atomic E-state index is 12.9. The lowest BCUT2D eigenvalue weighted by Crippen LogP contribution is -2.42. The van der Waals surface area contributed by atoms with E-state index in [1.807, 2.05) is 36.4 Å². The minimum atomic E-state index is -0.967. The molecular weight excluding hydrogens is 521 g/mol. The van der Waals surface area contributed by atoms with E-state index in [1.165, 1.54) is 30.3 Å². The van der Waals surface area contributed by atoms with Crippen LogP contribution in [0.4, 0.5) is 4.39 Å². The molecule has 1 heterocycles. The van der Waals surface area contributed by atoms with Crippen molar-refractivity contribution in [3.8, 4) is 5.75 Å². The maximum absolute atomic E-state index is 12.9. The second-order valence-corrected chi connectivity index (χ2v) is 9.76. The average Bonchev–Trinajstić information content (AvgIpc) is 2.94. The molecule has 3 aromatic rings. The summed E-state index contributed by atoms with van der Waals surface area (Å²) in [5, 5.41) is 20.0. The number of benzene rings is 3. The number of ether oxygens (including phenoxy) is 1. The Morgan fingerprint density at radius 1 is 1.03 bits per heavy atom. The van der Waals surface area contributed by atoms with Crippen molar-refractivity contribution >= 4 is 29.4 Å². The number of aliphatic hydroxyl groups is 1. The van der Waals surface area contributed by atoms with Crippen molar-refractivity contribution in [1.82, 2.24) is 4.90 Å². The Balaban J connectivity index is 0.000000272. The van der Waals surface area contributed by atoms with Gasteiger partial charge in [-0.05, 0) is 79.9 Å². The predicted molar refractivity (Wildman–Crippen MR) is 151 cm³/mol. The van der Waals surface area contributed by atoms with Crippen molar-refractivity contribution in [2.24, 2.45) is 0 Å². The van der Waals surface area contributed by atoms with Gasteiger partial charge in [0.15, 0.2) is 5.78 Å². The number of aliphatic carboxylic acids is 1. The zero-order valence-corrected chi connectivity index (χ0v) is 22.6. The largest absolute Gasteiger partial charge is 0.496 e. The van der Waals surface area contributed by atoms with Crippen molar-refractivity contribution in [1.29, 1.82) is 0 Å². The smallest absolute Gasteiger partial charge is 0.328 e. The molecule has 1 aliphatic rings. The van der Waals surface area contributed by atoms with E-state index in [4.69, 9.17) is 21.4 Å². The van der Waals surface area contributed by atoms with Crippen molar-refractivity contribution in [3.63, 3.8) is 0 Å². The molecule has 0 atom stereocenters. The number of ketones is 1. The molecule has 4 rings (SSSR count). The van der Waals surface area contributed by atoms with Crippen LogP contribution in [-0.2, 0) is 10.4 Å². The van der Waals surface area contributed by atoms with Crippen LogP contribution in [0.5, 0.6) is 5.75 Å². The number of carbonyl (C=O) groups excluding carboxylic acids is 1. The first kappa shape index (κ1) is 30.0. The van der Waals surface area contributed by atoms with Crippen LogP contribution in [0, 0.1) is 5.82 Å². The molecule has 0 bridgehead atoms. The van der Waals surface area contributed by atoms with Crippen LogP contribution in [0.3, 0.4) is 0 Å². The molecule has 2 N–H and O–H groups in total. The number of carbonyl (C=O) groups is 2. The molecule has 1 aliphatic heterocycles. The Kier molecular flexibility index (Phi) is 11.2. The molecular formula is C31H33ClFNO5. The van der Waals surface area contributed by atoms with Gasteiger partial charge >= 0.3 is 5.97 Å². The van der Waals surface area contributed by atoms with E-state index in [9.17, 15) is 19.1 Å². The van der Waals surface area contributed by atoms with E-state index in [0.29, 0.717) is 35.6 Å². The summed E-state index contributed by atoms with van der Waals surface area (Å²) in [5.74, 6) is -0.589. The zero-order valence-electron chi connectivity index (χ0n) is 21.9. The number of para-hydroxylation sites is 1. The van der Waals surface area contributed by atoms with Crippen LogP contribution in [0.25, 0.3) is 6.08 Å². The SMILES string of the molecule is COc1ccccc1C=CC(=O)O.O=C(CCCN1CCC(O)(c2ccc(Cl)cc2)CC1)c1ccc(F)cc1. The normalized spacial score (nSPS) is 14.9. The summed E-state index contributed by atoms with van der Waals surface area (Å²) >= 11 is 5.92. The molecule has 0 spiro atoms. The minimum absolute atomic E-state index is 0.0414. The zero-order chi connectivity index (χ0) is 28.3. The number of rotatable bonds is 9. The highest BCUT2D eigenvalue weighted by molar-refractivity contribution is 6.30. The van der Waals surface area contributed by atoms with Gasteiger partial charge in [-0.1, -0.05) is 41.9 Å². The lowest BCUT2D eigenvalue weighted by atomic mass is 9.84. The predicted octanol–water partition coefficient (Wildman–Crippen LogP) is 6.22. The van der Waals surface area contributed by atoms with E-state index < -0.39 is 11.6 Å². The van der Waals surface area contributed by atoms with Crippen LogP contribution < -0.4 is 4.74 Å². The molecule has 0 amide bonds. The molecule has 0 radical (unpaired) electrons. The van der Waals surface area contributed by atoms with E-state index >= 15 is 0 Å². The molecule has 1 saturated heterocycles. The van der Waals surface area contributed by atoms with Crippen molar-refractivity contribution in [2.75, 3.05) is 26.7 Å². The highest BCUT2D eigenvalue weighted by Crippen LogP contribution is 2.33. The number of carboxylic acid groups (broad SMARTS) is 1. The molecule has 0 aromatic heterocycles. The molecule has 6 nitrogen and oxygen atoms in total. The van der Waals surface area contributed by atoms with Gasteiger partial charge in [-0.2, -0.15) is 0 Å². The van der Waals surface area contributed by atoms with Crippen LogP contribution >= 0.6 is 11.6 Å². The van der Waals surface area contributed by atoms with E-state index in [1.54, 1.807) is 19.2 Å². The molecule has 1 fully saturated rings. The first-order valence-electron chi connectivity index (χ1n) is 12.7. The second-order valence-electron chi connectivity index (χ2n) is 9.33. The Bertz CT molecular complexity index is 1250. The summed E-state index contributed by atoms with van der Waals surface area (Å²) in [6, 6.07) is 20.3. The van der Waals surface area contributed by atoms with E-state index in [2.05, 4.69) is 4.90 Å². The van der Waals surface area contributed by atoms with Gasteiger partial charge in [-0.3, -0.25) is 4.79 Å². The van der Waals surface area contributed by atoms with Gasteiger partial charge in [0.2, 0.25) is 0 Å². The van der Waals surface area contributed by atoms with Crippen LogP contribution in [-0.4, -0.2) is 53.6 Å². The Morgan fingerprint density at radius 2 is 1.67 bits per heavy atom. The maximum Gasteiger partial charge on any atom is 0.328 e. The van der Waals surface area contributed by atoms with Gasteiger partial charge < -0.3 is 19.8 Å². The Morgan fingerprint density at radius 3 is 2.28 bits per heavy atom. The van der Waals surface area contributed by atoms with Gasteiger partial charge in [0.25, 0.3) is 0 Å². The summed E-state index contributed by atoms with van der Waals surface area (Å²) in [4.78, 5) is 24.6. The van der Waals surface area contributed by atoms with Crippen molar-refractivity contribution in [2.45, 2.75) is 31.3 Å². The number of nitrogens with zero attached hydrogens (tertiary/aromatic N) is 1. The number of piperidine rings is 1. The quantitative estimate of drug-likeness (QED) is 0.242. The third-order valence-electron chi connectivity index (χ3n) is 6.65. The molecule has 39 heavy (non-hydrogen) atoms. The summed E-state index contributed by atoms with van der Waals surface area (Å²) in [6.07, 6.45) is 5.12. The van der Waals surface area contributed by atoms with Gasteiger partial charge in [0.05, 0.1) is 12.7 Å². The summed E-state index contributed by atoms with van der Waals surface area (Å²) in [5.41, 5.74) is 1.42. The third-order valence-corrected chi connectivity index (χ3v) is 6.91. The molecule has 8 heteroatoms. The van der Waals surface area contributed by atoms with Crippen LogP contribution in [0.1, 0.15) is 47.2 Å². The molecule has 0 saturated carbocycles. The highest BCUT2D eigenvalue weighted by Gasteiger charge is 2.33. The van der Waals surface area contributed by atoms with Gasteiger partial charge in [-0.15, -0.1) is 0 Å². The fourth-order valence-electron chi connectivity index (χ4n) is 4.40. The number of carboxylic acids is 1. The number of halogens is 2. The van der Waals surface area contributed by atoms with E-state index in [0.717, 1.165) is 43.3 Å².